The molecule has 16 heteroatoms. The van der Waals surface area contributed by atoms with Gasteiger partial charge in [-0.2, -0.15) is 4.31 Å². The molecule has 0 unspecified atom stereocenters. The van der Waals surface area contributed by atoms with Crippen LogP contribution in [-0.4, -0.2) is 130 Å². The molecule has 3 atom stereocenters. The number of nitrogens with zero attached hydrogens (tertiary/aromatic N) is 1. The van der Waals surface area contributed by atoms with Gasteiger partial charge in [-0.1, -0.05) is 44.2 Å². The number of benzene rings is 2. The van der Waals surface area contributed by atoms with Crippen LogP contribution in [0.25, 0.3) is 0 Å². The Morgan fingerprint density at radius 3 is 2.20 bits per heavy atom. The van der Waals surface area contributed by atoms with Crippen LogP contribution in [0.4, 0.5) is 10.5 Å². The van der Waals surface area contributed by atoms with E-state index in [1.165, 1.54) is 30.7 Å². The monoisotopic (exact) mass is 739 g/mol. The first-order valence-electron chi connectivity index (χ1n) is 16.9. The molecule has 1 fully saturated rings. The third-order valence-electron chi connectivity index (χ3n) is 7.58. The van der Waals surface area contributed by atoms with Crippen molar-refractivity contribution in [3.63, 3.8) is 0 Å². The molecule has 2 amide bonds. The standard InChI is InChI=1S/C35H53N3O12S/c1-26(2)21-38(51(42,43)30-12-10-28(11-13-30)36-33(39)24-47-18-16-44-3)22-32(50-34(40)25-48-19-17-45-4)31(20-27-8-6-5-7-9-27)37-35(41)49-29-14-15-46-23-29/h5-13,26,29,31-32,42-43H,14-25H2,1-4H3,(H,36,39)(H,37,41)/t29-,31-,32+/m0/s1. The van der Waals surface area contributed by atoms with Gasteiger partial charge in [-0.05, 0) is 42.2 Å². The van der Waals surface area contributed by atoms with Crippen molar-refractivity contribution in [2.24, 2.45) is 5.92 Å². The molecule has 3 rings (SSSR count). The minimum Gasteiger partial charge on any atom is -0.457 e. The molecule has 51 heavy (non-hydrogen) atoms. The Morgan fingerprint density at radius 2 is 1.59 bits per heavy atom. The van der Waals surface area contributed by atoms with Crippen LogP contribution in [0.15, 0.2) is 59.5 Å². The highest BCUT2D eigenvalue weighted by Gasteiger charge is 2.36. The number of nitrogens with one attached hydrogen (secondary N) is 2. The zero-order valence-corrected chi connectivity index (χ0v) is 30.6. The fraction of sp³-hybridized carbons (Fsp3) is 0.571. The number of methoxy groups -OCH3 is 2. The van der Waals surface area contributed by atoms with Crippen LogP contribution < -0.4 is 10.6 Å². The quantitative estimate of drug-likeness (QED) is 0.0950. The number of rotatable bonds is 23. The average molecular weight is 740 g/mol. The molecular weight excluding hydrogens is 686 g/mol. The first-order valence-corrected chi connectivity index (χ1v) is 18.4. The van der Waals surface area contributed by atoms with Crippen LogP contribution in [0.1, 0.15) is 25.8 Å². The van der Waals surface area contributed by atoms with Gasteiger partial charge in [-0.3, -0.25) is 13.9 Å². The van der Waals surface area contributed by atoms with E-state index in [4.69, 9.17) is 33.2 Å². The number of hydrogen-bond donors (Lipinski definition) is 4. The molecule has 0 saturated carbocycles. The van der Waals surface area contributed by atoms with E-state index in [1.54, 1.807) is 12.1 Å². The Kier molecular flexibility index (Phi) is 18.6. The van der Waals surface area contributed by atoms with Gasteiger partial charge < -0.3 is 43.8 Å². The highest BCUT2D eigenvalue weighted by atomic mass is 32.3. The normalized spacial score (nSPS) is 16.1. The molecule has 2 aromatic carbocycles. The molecule has 0 aromatic heterocycles. The number of carbonyl (C=O) groups is 3. The van der Waals surface area contributed by atoms with Crippen LogP contribution in [0, 0.1) is 5.92 Å². The predicted molar refractivity (Wildman–Crippen MR) is 191 cm³/mol. The molecule has 0 bridgehead atoms. The Hall–Kier alpha value is -3.32. The Morgan fingerprint density at radius 1 is 0.922 bits per heavy atom. The lowest BCUT2D eigenvalue weighted by Crippen LogP contribution is -2.52. The second kappa shape index (κ2) is 22.6. The zero-order valence-electron chi connectivity index (χ0n) is 29.8. The average Bonchev–Trinajstić information content (AvgIpc) is 3.61. The SMILES string of the molecule is COCCOCC(=O)Nc1ccc(S(O)(O)N(CC(C)C)C[C@@H](OC(=O)COCCOC)[C@H](Cc2ccccc2)NC(=O)O[C@H]2CCOC2)cc1. The van der Waals surface area contributed by atoms with E-state index in [9.17, 15) is 23.5 Å². The zero-order chi connectivity index (χ0) is 37.1. The lowest BCUT2D eigenvalue weighted by molar-refractivity contribution is -0.157. The lowest BCUT2D eigenvalue weighted by atomic mass is 10.0. The smallest absolute Gasteiger partial charge is 0.407 e. The highest BCUT2D eigenvalue weighted by molar-refractivity contribution is 8.22. The van der Waals surface area contributed by atoms with Gasteiger partial charge in [-0.15, -0.1) is 10.8 Å². The van der Waals surface area contributed by atoms with Gasteiger partial charge in [0.15, 0.2) is 0 Å². The third kappa shape index (κ3) is 15.4. The number of anilines is 1. The van der Waals surface area contributed by atoms with E-state index in [-0.39, 0.29) is 75.9 Å². The van der Waals surface area contributed by atoms with E-state index in [1.807, 2.05) is 44.2 Å². The van der Waals surface area contributed by atoms with Gasteiger partial charge >= 0.3 is 12.1 Å². The van der Waals surface area contributed by atoms with Crippen LogP contribution in [-0.2, 0) is 49.2 Å². The summed E-state index contributed by atoms with van der Waals surface area (Å²) in [6.45, 7) is 5.13. The van der Waals surface area contributed by atoms with Crippen molar-refractivity contribution in [1.82, 2.24) is 9.62 Å². The van der Waals surface area contributed by atoms with Crippen molar-refractivity contribution in [1.29, 1.82) is 0 Å². The Bertz CT molecular complexity index is 1310. The summed E-state index contributed by atoms with van der Waals surface area (Å²) >= 11 is 0. The third-order valence-corrected chi connectivity index (χ3v) is 9.50. The van der Waals surface area contributed by atoms with Gasteiger partial charge in [0.25, 0.3) is 0 Å². The van der Waals surface area contributed by atoms with Crippen LogP contribution in [0.5, 0.6) is 0 Å². The van der Waals surface area contributed by atoms with E-state index >= 15 is 0 Å². The molecule has 15 nitrogen and oxygen atoms in total. The molecule has 1 saturated heterocycles. The van der Waals surface area contributed by atoms with Crippen LogP contribution in [0.3, 0.4) is 0 Å². The highest BCUT2D eigenvalue weighted by Crippen LogP contribution is 2.52. The fourth-order valence-corrected chi connectivity index (χ4v) is 6.76. The van der Waals surface area contributed by atoms with E-state index in [0.717, 1.165) is 5.56 Å². The minimum atomic E-state index is -3.69. The van der Waals surface area contributed by atoms with E-state index in [2.05, 4.69) is 10.6 Å². The Labute approximate surface area is 301 Å². The molecule has 0 radical (unpaired) electrons. The fourth-order valence-electron chi connectivity index (χ4n) is 5.10. The summed E-state index contributed by atoms with van der Waals surface area (Å²) in [5.41, 5.74) is 1.27. The number of ether oxygens (including phenoxy) is 7. The van der Waals surface area contributed by atoms with Crippen molar-refractivity contribution in [2.75, 3.05) is 85.5 Å². The molecule has 2 aromatic rings. The maximum Gasteiger partial charge on any atom is 0.407 e. The second-order valence-corrected chi connectivity index (χ2v) is 14.3. The summed E-state index contributed by atoms with van der Waals surface area (Å²) in [5, 5.41) is 5.59. The van der Waals surface area contributed by atoms with Crippen LogP contribution in [0.2, 0.25) is 0 Å². The van der Waals surface area contributed by atoms with Gasteiger partial charge in [-0.25, -0.2) is 9.59 Å². The molecule has 0 aliphatic carbocycles. The number of hydrogen-bond acceptors (Lipinski definition) is 13. The minimum absolute atomic E-state index is 0.0468. The van der Waals surface area contributed by atoms with Crippen molar-refractivity contribution in [3.8, 4) is 0 Å². The summed E-state index contributed by atoms with van der Waals surface area (Å²) in [6, 6.07) is 14.6. The number of carbonyl (C=O) groups excluding carboxylic acids is 3. The largest absolute Gasteiger partial charge is 0.457 e. The van der Waals surface area contributed by atoms with Crippen molar-refractivity contribution < 1.29 is 56.6 Å². The van der Waals surface area contributed by atoms with E-state index < -0.39 is 41.1 Å². The number of alkyl carbamates (subject to hydrolysis) is 1. The second-order valence-electron chi connectivity index (χ2n) is 12.3. The van der Waals surface area contributed by atoms with E-state index in [0.29, 0.717) is 25.3 Å². The summed E-state index contributed by atoms with van der Waals surface area (Å²) in [6.07, 6.45) is -1.43. The summed E-state index contributed by atoms with van der Waals surface area (Å²) in [7, 11) is -0.637. The summed E-state index contributed by atoms with van der Waals surface area (Å²) in [5.74, 6) is -1.13. The molecule has 0 spiro atoms. The van der Waals surface area contributed by atoms with Crippen molar-refractivity contribution in [3.05, 3.63) is 60.2 Å². The number of amides is 2. The molecule has 286 valence electrons. The van der Waals surface area contributed by atoms with Gasteiger partial charge in [0.2, 0.25) is 5.91 Å². The summed E-state index contributed by atoms with van der Waals surface area (Å²) in [4.78, 5) is 38.8. The first kappa shape index (κ1) is 42.1. The first-order chi connectivity index (χ1) is 24.5. The molecular formula is C35H53N3O12S. The molecule has 4 N–H and O–H groups in total. The van der Waals surface area contributed by atoms with Crippen LogP contribution >= 0.6 is 10.8 Å². The molecule has 1 aliphatic rings. The molecule has 1 heterocycles. The number of esters is 1. The van der Waals surface area contributed by atoms with Gasteiger partial charge in [0, 0.05) is 32.9 Å². The van der Waals surface area contributed by atoms with Crippen molar-refractivity contribution in [2.45, 2.75) is 49.8 Å². The topological polar surface area (TPSA) is 184 Å². The Balaban J connectivity index is 1.88. The predicted octanol–water partition coefficient (Wildman–Crippen LogP) is 3.97. The summed E-state index contributed by atoms with van der Waals surface area (Å²) < 4.78 is 62.5. The lowest BCUT2D eigenvalue weighted by Gasteiger charge is -2.45. The van der Waals surface area contributed by atoms with Gasteiger partial charge in [0.1, 0.15) is 25.4 Å². The van der Waals surface area contributed by atoms with Crippen molar-refractivity contribution >= 4 is 34.4 Å². The van der Waals surface area contributed by atoms with Gasteiger partial charge in [0.05, 0.1) is 57.1 Å². The molecule has 1 aliphatic heterocycles. The maximum atomic E-state index is 13.2. The maximum absolute atomic E-state index is 13.2.